The van der Waals surface area contributed by atoms with E-state index in [-0.39, 0.29) is 11.9 Å². The van der Waals surface area contributed by atoms with Crippen LogP contribution in [0.15, 0.2) is 23.7 Å². The Hall–Kier alpha value is -1.77. The summed E-state index contributed by atoms with van der Waals surface area (Å²) in [5.41, 5.74) is 0.386. The van der Waals surface area contributed by atoms with Crippen LogP contribution in [0.4, 0.5) is 0 Å². The molecule has 130 valence electrons. The van der Waals surface area contributed by atoms with Gasteiger partial charge in [-0.15, -0.1) is 16.4 Å². The van der Waals surface area contributed by atoms with Gasteiger partial charge in [0.15, 0.2) is 5.69 Å². The average molecular weight is 348 g/mol. The van der Waals surface area contributed by atoms with Crippen molar-refractivity contribution in [3.05, 3.63) is 34.3 Å². The number of nitrogens with one attached hydrogen (secondary N) is 2. The summed E-state index contributed by atoms with van der Waals surface area (Å²) in [5, 5.41) is 16.6. The van der Waals surface area contributed by atoms with Crippen molar-refractivity contribution in [2.45, 2.75) is 24.9 Å². The second-order valence-corrected chi connectivity index (χ2v) is 7.25. The number of likely N-dealkylation sites (N-methyl/N-ethyl adjacent to an activating group) is 1. The molecule has 3 rings (SSSR count). The van der Waals surface area contributed by atoms with Crippen LogP contribution >= 0.6 is 11.3 Å². The third-order valence-corrected chi connectivity index (χ3v) is 5.35. The quantitative estimate of drug-likeness (QED) is 0.823. The Bertz CT molecular complexity index is 647. The molecule has 1 amide bonds. The fraction of sp³-hybridized carbons (Fsp3) is 0.562. The molecule has 0 saturated carbocycles. The number of thiophene rings is 1. The molecular formula is C16H24N6OS. The maximum Gasteiger partial charge on any atom is 0.273 e. The number of amides is 1. The molecule has 2 aromatic rings. The molecule has 3 heterocycles. The maximum absolute atomic E-state index is 12.4. The third kappa shape index (κ3) is 4.00. The van der Waals surface area contributed by atoms with E-state index in [4.69, 9.17) is 0 Å². The lowest BCUT2D eigenvalue weighted by Gasteiger charge is -2.23. The van der Waals surface area contributed by atoms with Crippen LogP contribution < -0.4 is 10.6 Å². The molecule has 1 unspecified atom stereocenters. The van der Waals surface area contributed by atoms with Gasteiger partial charge < -0.3 is 15.5 Å². The van der Waals surface area contributed by atoms with Gasteiger partial charge in [0.2, 0.25) is 0 Å². The molecule has 0 aromatic carbocycles. The van der Waals surface area contributed by atoms with E-state index >= 15 is 0 Å². The van der Waals surface area contributed by atoms with Gasteiger partial charge in [-0.2, -0.15) is 0 Å². The van der Waals surface area contributed by atoms with E-state index in [1.54, 1.807) is 17.5 Å². The Morgan fingerprint density at radius 1 is 1.50 bits per heavy atom. The predicted molar refractivity (Wildman–Crippen MR) is 94.2 cm³/mol. The molecule has 8 heteroatoms. The van der Waals surface area contributed by atoms with Gasteiger partial charge in [-0.25, -0.2) is 4.68 Å². The molecule has 1 aliphatic rings. The van der Waals surface area contributed by atoms with Crippen LogP contribution in [0.1, 0.15) is 40.3 Å². The summed E-state index contributed by atoms with van der Waals surface area (Å²) < 4.78 is 1.83. The van der Waals surface area contributed by atoms with Crippen molar-refractivity contribution in [2.75, 3.05) is 33.7 Å². The lowest BCUT2D eigenvalue weighted by atomic mass is 10.1. The van der Waals surface area contributed by atoms with Crippen LogP contribution in [0, 0.1) is 0 Å². The summed E-state index contributed by atoms with van der Waals surface area (Å²) in [5.74, 6) is -0.168. The standard InChI is InChI=1S/C16H24N6OS/c1-21(2)14(15-4-3-9-24-15)10-18-16(23)13-11-22(20-19-13)12-5-7-17-8-6-12/h3-4,9,11-12,14,17H,5-8,10H2,1-2H3,(H,18,23). The van der Waals surface area contributed by atoms with Crippen LogP contribution in [0.5, 0.6) is 0 Å². The zero-order valence-corrected chi connectivity index (χ0v) is 14.9. The fourth-order valence-corrected chi connectivity index (χ4v) is 3.85. The predicted octanol–water partition coefficient (Wildman–Crippen LogP) is 1.30. The van der Waals surface area contributed by atoms with Crippen molar-refractivity contribution in [1.82, 2.24) is 30.5 Å². The molecule has 1 saturated heterocycles. The van der Waals surface area contributed by atoms with E-state index in [1.165, 1.54) is 4.88 Å². The van der Waals surface area contributed by atoms with Crippen molar-refractivity contribution < 1.29 is 4.79 Å². The third-order valence-electron chi connectivity index (χ3n) is 4.38. The van der Waals surface area contributed by atoms with Gasteiger partial charge in [-0.05, 0) is 51.5 Å². The van der Waals surface area contributed by atoms with E-state index in [1.807, 2.05) is 24.8 Å². The number of carbonyl (C=O) groups is 1. The first-order chi connectivity index (χ1) is 11.6. The lowest BCUT2D eigenvalue weighted by Crippen LogP contribution is -2.34. The van der Waals surface area contributed by atoms with Crippen molar-refractivity contribution in [3.63, 3.8) is 0 Å². The van der Waals surface area contributed by atoms with E-state index in [0.29, 0.717) is 18.3 Å². The van der Waals surface area contributed by atoms with Crippen LogP contribution in [0.2, 0.25) is 0 Å². The number of nitrogens with zero attached hydrogens (tertiary/aromatic N) is 4. The first-order valence-electron chi connectivity index (χ1n) is 8.25. The molecule has 2 N–H and O–H groups in total. The zero-order chi connectivity index (χ0) is 16.9. The summed E-state index contributed by atoms with van der Waals surface area (Å²) in [6.07, 6.45) is 3.80. The Morgan fingerprint density at radius 3 is 2.96 bits per heavy atom. The molecule has 24 heavy (non-hydrogen) atoms. The van der Waals surface area contributed by atoms with Gasteiger partial charge in [0.05, 0.1) is 18.3 Å². The molecule has 0 bridgehead atoms. The molecule has 1 aliphatic heterocycles. The highest BCUT2D eigenvalue weighted by Gasteiger charge is 2.20. The molecule has 0 aliphatic carbocycles. The molecule has 0 spiro atoms. The van der Waals surface area contributed by atoms with Gasteiger partial charge in [0.25, 0.3) is 5.91 Å². The van der Waals surface area contributed by atoms with Crippen LogP contribution in [-0.4, -0.2) is 59.5 Å². The monoisotopic (exact) mass is 348 g/mol. The number of hydrogen-bond acceptors (Lipinski definition) is 6. The van der Waals surface area contributed by atoms with E-state index in [2.05, 4.69) is 37.3 Å². The topological polar surface area (TPSA) is 75.1 Å². The van der Waals surface area contributed by atoms with Crippen LogP contribution in [-0.2, 0) is 0 Å². The Balaban J connectivity index is 1.59. The minimum atomic E-state index is -0.168. The van der Waals surface area contributed by atoms with Crippen molar-refractivity contribution >= 4 is 17.2 Å². The van der Waals surface area contributed by atoms with Gasteiger partial charge in [-0.1, -0.05) is 11.3 Å². The summed E-state index contributed by atoms with van der Waals surface area (Å²) >= 11 is 1.70. The first-order valence-corrected chi connectivity index (χ1v) is 9.13. The largest absolute Gasteiger partial charge is 0.349 e. The highest BCUT2D eigenvalue weighted by atomic mass is 32.1. The minimum Gasteiger partial charge on any atom is -0.349 e. The summed E-state index contributed by atoms with van der Waals surface area (Å²) in [7, 11) is 4.04. The second-order valence-electron chi connectivity index (χ2n) is 6.27. The zero-order valence-electron chi connectivity index (χ0n) is 14.1. The Labute approximate surface area is 146 Å². The first kappa shape index (κ1) is 17.1. The average Bonchev–Trinajstić information content (AvgIpc) is 3.27. The van der Waals surface area contributed by atoms with Crippen molar-refractivity contribution in [2.24, 2.45) is 0 Å². The molecule has 1 atom stereocenters. The highest BCUT2D eigenvalue weighted by Crippen LogP contribution is 2.22. The van der Waals surface area contributed by atoms with Gasteiger partial charge in [0.1, 0.15) is 0 Å². The molecule has 7 nitrogen and oxygen atoms in total. The van der Waals surface area contributed by atoms with Crippen molar-refractivity contribution in [1.29, 1.82) is 0 Å². The van der Waals surface area contributed by atoms with Gasteiger partial charge in [-0.3, -0.25) is 4.79 Å². The number of carbonyl (C=O) groups excluding carboxylic acids is 1. The summed E-state index contributed by atoms with van der Waals surface area (Å²) in [6, 6.07) is 4.62. The molecule has 2 aromatic heterocycles. The number of rotatable bonds is 6. The molecule has 1 fully saturated rings. The van der Waals surface area contributed by atoms with E-state index in [0.717, 1.165) is 25.9 Å². The minimum absolute atomic E-state index is 0.161. The van der Waals surface area contributed by atoms with E-state index < -0.39 is 0 Å². The summed E-state index contributed by atoms with van der Waals surface area (Å²) in [6.45, 7) is 2.52. The number of hydrogen-bond donors (Lipinski definition) is 2. The highest BCUT2D eigenvalue weighted by molar-refractivity contribution is 7.10. The number of aromatic nitrogens is 3. The van der Waals surface area contributed by atoms with Crippen molar-refractivity contribution in [3.8, 4) is 0 Å². The normalized spacial score (nSPS) is 17.1. The SMILES string of the molecule is CN(C)C(CNC(=O)c1cn(C2CCNCC2)nn1)c1cccs1. The van der Waals surface area contributed by atoms with Crippen LogP contribution in [0.3, 0.4) is 0 Å². The molecule has 0 radical (unpaired) electrons. The van der Waals surface area contributed by atoms with Crippen LogP contribution in [0.25, 0.3) is 0 Å². The fourth-order valence-electron chi connectivity index (χ4n) is 2.93. The van der Waals surface area contributed by atoms with Gasteiger partial charge in [0, 0.05) is 11.4 Å². The van der Waals surface area contributed by atoms with E-state index in [9.17, 15) is 4.79 Å². The summed E-state index contributed by atoms with van der Waals surface area (Å²) in [4.78, 5) is 15.7. The Kier molecular flexibility index (Phi) is 5.60. The smallest absolute Gasteiger partial charge is 0.273 e. The van der Waals surface area contributed by atoms with Gasteiger partial charge >= 0.3 is 0 Å². The Morgan fingerprint density at radius 2 is 2.29 bits per heavy atom. The lowest BCUT2D eigenvalue weighted by molar-refractivity contribution is 0.0937. The number of piperidine rings is 1. The maximum atomic E-state index is 12.4. The second kappa shape index (κ2) is 7.87. The molecular weight excluding hydrogens is 324 g/mol.